The molecule has 0 aliphatic carbocycles. The van der Waals surface area contributed by atoms with Gasteiger partial charge in [-0.2, -0.15) is 0 Å². The Morgan fingerprint density at radius 1 is 1.10 bits per heavy atom. The van der Waals surface area contributed by atoms with E-state index in [2.05, 4.69) is 55.3 Å². The van der Waals surface area contributed by atoms with Crippen LogP contribution in [0.3, 0.4) is 0 Å². The second kappa shape index (κ2) is 9.93. The van der Waals surface area contributed by atoms with Crippen LogP contribution in [0.15, 0.2) is 30.3 Å². The van der Waals surface area contributed by atoms with Crippen molar-refractivity contribution in [3.05, 3.63) is 35.9 Å². The van der Waals surface area contributed by atoms with Crippen LogP contribution in [0.2, 0.25) is 0 Å². The van der Waals surface area contributed by atoms with E-state index in [0.717, 1.165) is 45.6 Å². The Balaban J connectivity index is 2.73. The van der Waals surface area contributed by atoms with Gasteiger partial charge >= 0.3 is 0 Å². The minimum atomic E-state index is 0.220. The molecule has 0 bridgehead atoms. The molecule has 2 N–H and O–H groups in total. The molecule has 0 aliphatic rings. The molecule has 0 heterocycles. The lowest BCUT2D eigenvalue weighted by Crippen LogP contribution is -2.44. The number of aliphatic hydroxyl groups is 1. The van der Waals surface area contributed by atoms with Gasteiger partial charge in [0.1, 0.15) is 0 Å². The topological polar surface area (TPSA) is 35.5 Å². The molecule has 1 aromatic carbocycles. The fourth-order valence-corrected chi connectivity index (χ4v) is 2.84. The summed E-state index contributed by atoms with van der Waals surface area (Å²) in [6.45, 7) is 11.7. The SMILES string of the molecule is CCNCC(CC)(CC)CN(CCO)Cc1ccccc1. The lowest BCUT2D eigenvalue weighted by atomic mass is 9.81. The average molecular weight is 292 g/mol. The maximum atomic E-state index is 9.38. The molecule has 0 amide bonds. The molecule has 0 saturated carbocycles. The molecule has 120 valence electrons. The summed E-state index contributed by atoms with van der Waals surface area (Å²) in [5, 5.41) is 12.9. The molecule has 3 nitrogen and oxygen atoms in total. The number of nitrogens with zero attached hydrogens (tertiary/aromatic N) is 1. The van der Waals surface area contributed by atoms with Crippen molar-refractivity contribution in [2.24, 2.45) is 5.41 Å². The van der Waals surface area contributed by atoms with E-state index < -0.39 is 0 Å². The van der Waals surface area contributed by atoms with Crippen LogP contribution in [0.4, 0.5) is 0 Å². The van der Waals surface area contributed by atoms with Gasteiger partial charge in [0.25, 0.3) is 0 Å². The molecule has 0 aromatic heterocycles. The largest absolute Gasteiger partial charge is 0.395 e. The van der Waals surface area contributed by atoms with Gasteiger partial charge in [0.05, 0.1) is 6.61 Å². The predicted octanol–water partition coefficient (Wildman–Crippen LogP) is 2.90. The first-order chi connectivity index (χ1) is 10.2. The molecular weight excluding hydrogens is 260 g/mol. The third-order valence-corrected chi connectivity index (χ3v) is 4.47. The van der Waals surface area contributed by atoms with Crippen LogP contribution in [-0.2, 0) is 6.54 Å². The molecule has 0 aliphatic heterocycles. The first-order valence-electron chi connectivity index (χ1n) is 8.27. The fourth-order valence-electron chi connectivity index (χ4n) is 2.84. The molecule has 0 saturated heterocycles. The number of rotatable bonds is 11. The number of hydrogen-bond acceptors (Lipinski definition) is 3. The van der Waals surface area contributed by atoms with E-state index in [9.17, 15) is 5.11 Å². The Bertz CT molecular complexity index is 363. The summed E-state index contributed by atoms with van der Waals surface area (Å²) in [7, 11) is 0. The standard InChI is InChI=1S/C18H32N2O/c1-4-18(5-2,15-19-6-3)16-20(12-13-21)14-17-10-8-7-9-11-17/h7-11,19,21H,4-6,12-16H2,1-3H3. The second-order valence-electron chi connectivity index (χ2n) is 5.91. The molecule has 21 heavy (non-hydrogen) atoms. The van der Waals surface area contributed by atoms with Gasteiger partial charge in [0.2, 0.25) is 0 Å². The van der Waals surface area contributed by atoms with E-state index in [4.69, 9.17) is 0 Å². The molecule has 1 rings (SSSR count). The first kappa shape index (κ1) is 18.1. The van der Waals surface area contributed by atoms with Crippen molar-refractivity contribution in [2.75, 3.05) is 32.8 Å². The summed E-state index contributed by atoms with van der Waals surface area (Å²) in [5.41, 5.74) is 1.61. The Hall–Kier alpha value is -0.900. The quantitative estimate of drug-likeness (QED) is 0.658. The van der Waals surface area contributed by atoms with Gasteiger partial charge in [-0.1, -0.05) is 51.1 Å². The van der Waals surface area contributed by atoms with Crippen molar-refractivity contribution in [1.29, 1.82) is 0 Å². The smallest absolute Gasteiger partial charge is 0.0558 e. The van der Waals surface area contributed by atoms with Crippen molar-refractivity contribution in [1.82, 2.24) is 10.2 Å². The molecule has 3 heteroatoms. The van der Waals surface area contributed by atoms with Crippen LogP contribution >= 0.6 is 0 Å². The van der Waals surface area contributed by atoms with Crippen LogP contribution in [0.1, 0.15) is 39.2 Å². The van der Waals surface area contributed by atoms with Gasteiger partial charge in [0.15, 0.2) is 0 Å². The maximum absolute atomic E-state index is 9.38. The average Bonchev–Trinajstić information content (AvgIpc) is 2.52. The molecule has 0 fully saturated rings. The third-order valence-electron chi connectivity index (χ3n) is 4.47. The number of benzene rings is 1. The van der Waals surface area contributed by atoms with E-state index in [1.165, 1.54) is 5.56 Å². The molecule has 0 radical (unpaired) electrons. The Morgan fingerprint density at radius 3 is 2.29 bits per heavy atom. The summed E-state index contributed by atoms with van der Waals surface area (Å²) in [5.74, 6) is 0. The Kier molecular flexibility index (Phi) is 8.58. The van der Waals surface area contributed by atoms with Gasteiger partial charge in [-0.3, -0.25) is 4.90 Å². The highest BCUT2D eigenvalue weighted by Crippen LogP contribution is 2.27. The summed E-state index contributed by atoms with van der Waals surface area (Å²) >= 11 is 0. The van der Waals surface area contributed by atoms with Crippen LogP contribution < -0.4 is 5.32 Å². The lowest BCUT2D eigenvalue weighted by Gasteiger charge is -2.37. The maximum Gasteiger partial charge on any atom is 0.0558 e. The highest BCUT2D eigenvalue weighted by Gasteiger charge is 2.28. The second-order valence-corrected chi connectivity index (χ2v) is 5.91. The van der Waals surface area contributed by atoms with Crippen LogP contribution in [-0.4, -0.2) is 42.8 Å². The zero-order chi connectivity index (χ0) is 15.6. The van der Waals surface area contributed by atoms with Gasteiger partial charge in [-0.15, -0.1) is 0 Å². The summed E-state index contributed by atoms with van der Waals surface area (Å²) in [6, 6.07) is 10.5. The highest BCUT2D eigenvalue weighted by atomic mass is 16.3. The van der Waals surface area contributed by atoms with Gasteiger partial charge in [0, 0.05) is 26.2 Å². The van der Waals surface area contributed by atoms with E-state index >= 15 is 0 Å². The number of aliphatic hydroxyl groups excluding tert-OH is 1. The molecule has 0 spiro atoms. The molecular formula is C18H32N2O. The molecule has 1 aromatic rings. The van der Waals surface area contributed by atoms with Crippen LogP contribution in [0.5, 0.6) is 0 Å². The number of nitrogens with one attached hydrogen (secondary N) is 1. The van der Waals surface area contributed by atoms with E-state index in [0.29, 0.717) is 5.41 Å². The van der Waals surface area contributed by atoms with E-state index in [1.807, 2.05) is 6.07 Å². The zero-order valence-electron chi connectivity index (χ0n) is 13.9. The predicted molar refractivity (Wildman–Crippen MR) is 90.4 cm³/mol. The van der Waals surface area contributed by atoms with Crippen molar-refractivity contribution in [3.8, 4) is 0 Å². The minimum Gasteiger partial charge on any atom is -0.395 e. The Morgan fingerprint density at radius 2 is 1.76 bits per heavy atom. The van der Waals surface area contributed by atoms with Crippen molar-refractivity contribution in [2.45, 2.75) is 40.2 Å². The van der Waals surface area contributed by atoms with Crippen molar-refractivity contribution in [3.63, 3.8) is 0 Å². The highest BCUT2D eigenvalue weighted by molar-refractivity contribution is 5.14. The van der Waals surface area contributed by atoms with Gasteiger partial charge < -0.3 is 10.4 Å². The fraction of sp³-hybridized carbons (Fsp3) is 0.667. The zero-order valence-corrected chi connectivity index (χ0v) is 13.9. The third kappa shape index (κ3) is 6.16. The first-order valence-corrected chi connectivity index (χ1v) is 8.27. The van der Waals surface area contributed by atoms with Gasteiger partial charge in [-0.25, -0.2) is 0 Å². The van der Waals surface area contributed by atoms with E-state index in [-0.39, 0.29) is 6.61 Å². The summed E-state index contributed by atoms with van der Waals surface area (Å²) < 4.78 is 0. The number of hydrogen-bond donors (Lipinski definition) is 2. The van der Waals surface area contributed by atoms with Crippen LogP contribution in [0, 0.1) is 5.41 Å². The monoisotopic (exact) mass is 292 g/mol. The normalized spacial score (nSPS) is 12.0. The van der Waals surface area contributed by atoms with Crippen LogP contribution in [0.25, 0.3) is 0 Å². The van der Waals surface area contributed by atoms with Gasteiger partial charge in [-0.05, 0) is 30.4 Å². The van der Waals surface area contributed by atoms with Crippen molar-refractivity contribution >= 4 is 0 Å². The summed E-state index contributed by atoms with van der Waals surface area (Å²) in [4.78, 5) is 2.39. The van der Waals surface area contributed by atoms with Crippen molar-refractivity contribution < 1.29 is 5.11 Å². The lowest BCUT2D eigenvalue weighted by molar-refractivity contribution is 0.109. The Labute approximate surface area is 130 Å². The summed E-state index contributed by atoms with van der Waals surface area (Å²) in [6.07, 6.45) is 2.32. The minimum absolute atomic E-state index is 0.220. The van der Waals surface area contributed by atoms with E-state index in [1.54, 1.807) is 0 Å². The molecule has 0 unspecified atom stereocenters. The molecule has 0 atom stereocenters.